The number of rotatable bonds is 5. The molecular weight excluding hydrogens is 260 g/mol. The molecule has 106 valence electrons. The van der Waals surface area contributed by atoms with E-state index in [1.165, 1.54) is 11.6 Å². The number of hydrogen-bond donors (Lipinski definition) is 1. The van der Waals surface area contributed by atoms with E-state index in [1.54, 1.807) is 0 Å². The van der Waals surface area contributed by atoms with E-state index in [-0.39, 0.29) is 6.61 Å². The van der Waals surface area contributed by atoms with E-state index >= 15 is 0 Å². The standard InChI is InChI=1S/C16H17F2NO/c1-2-11-3-6-13(7-4-11)20-10-16(19)12-5-8-14(17)15(18)9-12/h3-9,16H,2,10,19H2,1H3. The molecule has 0 aromatic heterocycles. The van der Waals surface area contributed by atoms with E-state index in [0.717, 1.165) is 18.6 Å². The van der Waals surface area contributed by atoms with Crippen molar-refractivity contribution in [3.8, 4) is 5.75 Å². The molecule has 2 N–H and O–H groups in total. The van der Waals surface area contributed by atoms with E-state index < -0.39 is 17.7 Å². The van der Waals surface area contributed by atoms with Crippen LogP contribution < -0.4 is 10.5 Å². The Labute approximate surface area is 117 Å². The third-order valence-corrected chi connectivity index (χ3v) is 3.13. The van der Waals surface area contributed by atoms with Gasteiger partial charge in [0.25, 0.3) is 0 Å². The maximum absolute atomic E-state index is 13.1. The van der Waals surface area contributed by atoms with Crippen LogP contribution in [0.4, 0.5) is 8.78 Å². The number of hydrogen-bond acceptors (Lipinski definition) is 2. The first-order chi connectivity index (χ1) is 9.60. The van der Waals surface area contributed by atoms with Crippen LogP contribution in [0, 0.1) is 11.6 Å². The molecular formula is C16H17F2NO. The van der Waals surface area contributed by atoms with Gasteiger partial charge in [0.15, 0.2) is 11.6 Å². The number of benzene rings is 2. The van der Waals surface area contributed by atoms with Gasteiger partial charge >= 0.3 is 0 Å². The Bertz CT molecular complexity index is 569. The summed E-state index contributed by atoms with van der Waals surface area (Å²) in [6, 6.07) is 10.8. The summed E-state index contributed by atoms with van der Waals surface area (Å²) in [6.07, 6.45) is 0.967. The van der Waals surface area contributed by atoms with E-state index in [4.69, 9.17) is 10.5 Å². The van der Waals surface area contributed by atoms with Gasteiger partial charge in [-0.3, -0.25) is 0 Å². The fraction of sp³-hybridized carbons (Fsp3) is 0.250. The lowest BCUT2D eigenvalue weighted by Gasteiger charge is -2.14. The van der Waals surface area contributed by atoms with Crippen LogP contribution in [0.2, 0.25) is 0 Å². The van der Waals surface area contributed by atoms with Gasteiger partial charge in [-0.2, -0.15) is 0 Å². The third-order valence-electron chi connectivity index (χ3n) is 3.13. The Hall–Kier alpha value is -1.94. The van der Waals surface area contributed by atoms with E-state index in [1.807, 2.05) is 24.3 Å². The van der Waals surface area contributed by atoms with Crippen LogP contribution in [0.15, 0.2) is 42.5 Å². The van der Waals surface area contributed by atoms with Crippen molar-refractivity contribution in [1.82, 2.24) is 0 Å². The second kappa shape index (κ2) is 6.48. The van der Waals surface area contributed by atoms with Crippen LogP contribution in [0.25, 0.3) is 0 Å². The third kappa shape index (κ3) is 3.54. The van der Waals surface area contributed by atoms with Crippen molar-refractivity contribution in [1.29, 1.82) is 0 Å². The molecule has 0 saturated carbocycles. The lowest BCUT2D eigenvalue weighted by molar-refractivity contribution is 0.290. The molecule has 0 saturated heterocycles. The molecule has 2 nitrogen and oxygen atoms in total. The maximum Gasteiger partial charge on any atom is 0.159 e. The molecule has 20 heavy (non-hydrogen) atoms. The summed E-state index contributed by atoms with van der Waals surface area (Å²) >= 11 is 0. The van der Waals surface area contributed by atoms with Gasteiger partial charge in [-0.05, 0) is 41.8 Å². The number of halogens is 2. The molecule has 4 heteroatoms. The van der Waals surface area contributed by atoms with Gasteiger partial charge in [0.05, 0.1) is 6.04 Å². The Kier molecular flexibility index (Phi) is 4.69. The summed E-state index contributed by atoms with van der Waals surface area (Å²) in [5.41, 5.74) is 7.64. The topological polar surface area (TPSA) is 35.2 Å². The summed E-state index contributed by atoms with van der Waals surface area (Å²) in [5, 5.41) is 0. The average molecular weight is 277 g/mol. The molecule has 2 aromatic rings. The summed E-state index contributed by atoms with van der Waals surface area (Å²) in [6.45, 7) is 2.28. The fourth-order valence-electron chi connectivity index (χ4n) is 1.85. The highest BCUT2D eigenvalue weighted by Crippen LogP contribution is 2.17. The normalized spacial score (nSPS) is 12.2. The first-order valence-corrected chi connectivity index (χ1v) is 6.52. The molecule has 0 fully saturated rings. The Balaban J connectivity index is 1.96. The van der Waals surface area contributed by atoms with Gasteiger partial charge in [-0.15, -0.1) is 0 Å². The maximum atomic E-state index is 13.1. The zero-order valence-corrected chi connectivity index (χ0v) is 11.3. The van der Waals surface area contributed by atoms with Gasteiger partial charge in [-0.25, -0.2) is 8.78 Å². The minimum absolute atomic E-state index is 0.205. The molecule has 0 amide bonds. The largest absolute Gasteiger partial charge is 0.492 e. The minimum Gasteiger partial charge on any atom is -0.492 e. The SMILES string of the molecule is CCc1ccc(OCC(N)c2ccc(F)c(F)c2)cc1. The predicted molar refractivity (Wildman–Crippen MR) is 74.6 cm³/mol. The monoisotopic (exact) mass is 277 g/mol. The van der Waals surface area contributed by atoms with Gasteiger partial charge in [0.1, 0.15) is 12.4 Å². The lowest BCUT2D eigenvalue weighted by atomic mass is 10.1. The van der Waals surface area contributed by atoms with Gasteiger partial charge in [0.2, 0.25) is 0 Å². The van der Waals surface area contributed by atoms with Crippen molar-refractivity contribution in [3.05, 3.63) is 65.2 Å². The second-order valence-corrected chi connectivity index (χ2v) is 4.59. The number of aryl methyl sites for hydroxylation is 1. The summed E-state index contributed by atoms with van der Waals surface area (Å²) in [7, 11) is 0. The molecule has 2 aromatic carbocycles. The van der Waals surface area contributed by atoms with Crippen molar-refractivity contribution in [3.63, 3.8) is 0 Å². The molecule has 0 aliphatic rings. The summed E-state index contributed by atoms with van der Waals surface area (Å²) in [4.78, 5) is 0. The van der Waals surface area contributed by atoms with Crippen LogP contribution in [0.1, 0.15) is 24.1 Å². The molecule has 0 aliphatic carbocycles. The van der Waals surface area contributed by atoms with E-state index in [9.17, 15) is 8.78 Å². The average Bonchev–Trinajstić information content (AvgIpc) is 2.48. The molecule has 2 rings (SSSR count). The van der Waals surface area contributed by atoms with Crippen LogP contribution in [-0.2, 0) is 6.42 Å². The van der Waals surface area contributed by atoms with Crippen molar-refractivity contribution in [2.75, 3.05) is 6.61 Å². The number of nitrogens with two attached hydrogens (primary N) is 1. The lowest BCUT2D eigenvalue weighted by Crippen LogP contribution is -2.19. The Morgan fingerprint density at radius 1 is 1.05 bits per heavy atom. The second-order valence-electron chi connectivity index (χ2n) is 4.59. The van der Waals surface area contributed by atoms with Crippen molar-refractivity contribution in [2.24, 2.45) is 5.73 Å². The van der Waals surface area contributed by atoms with Gasteiger partial charge in [-0.1, -0.05) is 25.1 Å². The van der Waals surface area contributed by atoms with Crippen LogP contribution in [0.3, 0.4) is 0 Å². The molecule has 1 unspecified atom stereocenters. The highest BCUT2D eigenvalue weighted by Gasteiger charge is 2.10. The zero-order valence-electron chi connectivity index (χ0n) is 11.3. The fourth-order valence-corrected chi connectivity index (χ4v) is 1.85. The zero-order chi connectivity index (χ0) is 14.5. The summed E-state index contributed by atoms with van der Waals surface area (Å²) < 4.78 is 31.5. The number of ether oxygens (including phenoxy) is 1. The van der Waals surface area contributed by atoms with Crippen molar-refractivity contribution >= 4 is 0 Å². The van der Waals surface area contributed by atoms with E-state index in [0.29, 0.717) is 11.3 Å². The highest BCUT2D eigenvalue weighted by molar-refractivity contribution is 5.27. The Morgan fingerprint density at radius 2 is 1.75 bits per heavy atom. The molecule has 0 heterocycles. The van der Waals surface area contributed by atoms with Crippen LogP contribution >= 0.6 is 0 Å². The first kappa shape index (κ1) is 14.5. The minimum atomic E-state index is -0.898. The Morgan fingerprint density at radius 3 is 2.35 bits per heavy atom. The molecule has 0 bridgehead atoms. The van der Waals surface area contributed by atoms with Crippen LogP contribution in [-0.4, -0.2) is 6.61 Å². The quantitative estimate of drug-likeness (QED) is 0.906. The van der Waals surface area contributed by atoms with Gasteiger partial charge in [0, 0.05) is 0 Å². The molecule has 0 radical (unpaired) electrons. The molecule has 0 spiro atoms. The molecule has 1 atom stereocenters. The van der Waals surface area contributed by atoms with Crippen LogP contribution in [0.5, 0.6) is 5.75 Å². The van der Waals surface area contributed by atoms with Crippen molar-refractivity contribution in [2.45, 2.75) is 19.4 Å². The smallest absolute Gasteiger partial charge is 0.159 e. The van der Waals surface area contributed by atoms with E-state index in [2.05, 4.69) is 6.92 Å². The van der Waals surface area contributed by atoms with Crippen molar-refractivity contribution < 1.29 is 13.5 Å². The summed E-state index contributed by atoms with van der Waals surface area (Å²) in [5.74, 6) is -1.07. The van der Waals surface area contributed by atoms with Gasteiger partial charge < -0.3 is 10.5 Å². The first-order valence-electron chi connectivity index (χ1n) is 6.52. The predicted octanol–water partition coefficient (Wildman–Crippen LogP) is 3.61. The highest BCUT2D eigenvalue weighted by atomic mass is 19.2. The molecule has 0 aliphatic heterocycles.